The molecule has 1 heterocycles. The van der Waals surface area contributed by atoms with Gasteiger partial charge in [0.25, 0.3) is 0 Å². The van der Waals surface area contributed by atoms with Crippen molar-refractivity contribution in [2.75, 3.05) is 6.61 Å². The summed E-state index contributed by atoms with van der Waals surface area (Å²) in [6, 6.07) is 4.76. The Morgan fingerprint density at radius 3 is 2.29 bits per heavy atom. The van der Waals surface area contributed by atoms with Gasteiger partial charge in [-0.2, -0.15) is 18.3 Å². The average molecular weight is 337 g/mol. The molecular weight excluding hydrogens is 319 g/mol. The number of aromatic nitrogens is 3. The summed E-state index contributed by atoms with van der Waals surface area (Å²) in [5, 5.41) is 4.59. The van der Waals surface area contributed by atoms with Crippen LogP contribution in [0.25, 0.3) is 0 Å². The van der Waals surface area contributed by atoms with Gasteiger partial charge in [-0.15, -0.1) is 0 Å². The molecule has 7 heteroatoms. The Morgan fingerprint density at radius 2 is 1.71 bits per heavy atom. The lowest BCUT2D eigenvalue weighted by Crippen LogP contribution is -2.12. The quantitative estimate of drug-likeness (QED) is 0.796. The van der Waals surface area contributed by atoms with E-state index in [9.17, 15) is 13.2 Å². The van der Waals surface area contributed by atoms with Crippen LogP contribution in [0.1, 0.15) is 54.7 Å². The predicted octanol–water partition coefficient (Wildman–Crippen LogP) is 4.13. The van der Waals surface area contributed by atoms with Crippen molar-refractivity contribution in [3.8, 4) is 5.75 Å². The van der Waals surface area contributed by atoms with Crippen molar-refractivity contribution in [2.45, 2.75) is 50.2 Å². The molecule has 0 aliphatic heterocycles. The van der Waals surface area contributed by atoms with Gasteiger partial charge in [0.2, 0.25) is 0 Å². The molecule has 1 aromatic carbocycles. The highest BCUT2D eigenvalue weighted by molar-refractivity contribution is 5.28. The molecule has 2 aromatic rings. The van der Waals surface area contributed by atoms with Crippen LogP contribution in [-0.4, -0.2) is 21.4 Å². The first kappa shape index (κ1) is 15.5. The summed E-state index contributed by atoms with van der Waals surface area (Å²) < 4.78 is 45.1. The van der Waals surface area contributed by atoms with Gasteiger partial charge in [-0.1, -0.05) is 0 Å². The molecule has 4 nitrogen and oxygen atoms in total. The summed E-state index contributed by atoms with van der Waals surface area (Å²) in [4.78, 5) is 4.67. The number of hydrogen-bond acceptors (Lipinski definition) is 3. The lowest BCUT2D eigenvalue weighted by atomic mass is 10.2. The number of ether oxygens (including phenoxy) is 1. The molecule has 0 unspecified atom stereocenters. The van der Waals surface area contributed by atoms with Crippen molar-refractivity contribution < 1.29 is 17.9 Å². The van der Waals surface area contributed by atoms with E-state index in [2.05, 4.69) is 10.1 Å². The van der Waals surface area contributed by atoms with Gasteiger partial charge in [0.1, 0.15) is 18.2 Å². The van der Waals surface area contributed by atoms with E-state index < -0.39 is 11.7 Å². The fourth-order valence-corrected chi connectivity index (χ4v) is 2.69. The van der Waals surface area contributed by atoms with Crippen LogP contribution in [-0.2, 0) is 12.7 Å². The first-order chi connectivity index (χ1) is 11.5. The van der Waals surface area contributed by atoms with E-state index in [1.165, 1.54) is 12.1 Å². The van der Waals surface area contributed by atoms with E-state index >= 15 is 0 Å². The summed E-state index contributed by atoms with van der Waals surface area (Å²) in [5.41, 5.74) is -0.670. The van der Waals surface area contributed by atoms with Crippen molar-refractivity contribution in [3.63, 3.8) is 0 Å². The van der Waals surface area contributed by atoms with Gasteiger partial charge in [-0.3, -0.25) is 0 Å². The van der Waals surface area contributed by atoms with Gasteiger partial charge < -0.3 is 4.74 Å². The van der Waals surface area contributed by atoms with Crippen molar-refractivity contribution in [1.82, 2.24) is 14.8 Å². The van der Waals surface area contributed by atoms with E-state index in [1.54, 1.807) is 0 Å². The lowest BCUT2D eigenvalue weighted by Gasteiger charge is -2.10. The molecule has 2 fully saturated rings. The fraction of sp³-hybridized carbons (Fsp3) is 0.529. The van der Waals surface area contributed by atoms with Gasteiger partial charge >= 0.3 is 6.18 Å². The molecule has 0 atom stereocenters. The van der Waals surface area contributed by atoms with Crippen molar-refractivity contribution in [3.05, 3.63) is 41.5 Å². The second-order valence-corrected chi connectivity index (χ2v) is 6.47. The molecule has 0 amide bonds. The standard InChI is InChI=1S/C17H18F3N3O/c18-17(19,20)13-5-7-14(8-6-13)24-10-9-23-16(12-3-4-12)21-15(22-23)11-1-2-11/h5-8,11-12H,1-4,9-10H2. The van der Waals surface area contributed by atoms with Crippen LogP contribution in [0.4, 0.5) is 13.2 Å². The van der Waals surface area contributed by atoms with Crippen LogP contribution < -0.4 is 4.74 Å². The third-order valence-electron chi connectivity index (χ3n) is 4.36. The Bertz CT molecular complexity index is 716. The van der Waals surface area contributed by atoms with E-state index in [4.69, 9.17) is 4.74 Å². The molecule has 4 rings (SSSR count). The molecule has 0 radical (unpaired) electrons. The maximum Gasteiger partial charge on any atom is 0.416 e. The van der Waals surface area contributed by atoms with E-state index in [1.807, 2.05) is 4.68 Å². The first-order valence-corrected chi connectivity index (χ1v) is 8.25. The molecule has 0 spiro atoms. The van der Waals surface area contributed by atoms with Crippen LogP contribution in [0.15, 0.2) is 24.3 Å². The van der Waals surface area contributed by atoms with Crippen molar-refractivity contribution in [2.24, 2.45) is 0 Å². The number of alkyl halides is 3. The van der Waals surface area contributed by atoms with E-state index in [-0.39, 0.29) is 0 Å². The predicted molar refractivity (Wildman–Crippen MR) is 80.9 cm³/mol. The molecule has 1 aromatic heterocycles. The number of halogens is 3. The minimum atomic E-state index is -4.32. The normalized spacial score (nSPS) is 18.0. The zero-order valence-electron chi connectivity index (χ0n) is 13.1. The maximum absolute atomic E-state index is 12.5. The zero-order chi connectivity index (χ0) is 16.7. The second-order valence-electron chi connectivity index (χ2n) is 6.47. The highest BCUT2D eigenvalue weighted by Gasteiger charge is 2.34. The van der Waals surface area contributed by atoms with E-state index in [0.29, 0.717) is 30.7 Å². The lowest BCUT2D eigenvalue weighted by molar-refractivity contribution is -0.137. The molecule has 2 saturated carbocycles. The van der Waals surface area contributed by atoms with Gasteiger partial charge in [0.05, 0.1) is 12.1 Å². The largest absolute Gasteiger partial charge is 0.492 e. The van der Waals surface area contributed by atoms with Crippen LogP contribution in [0.2, 0.25) is 0 Å². The minimum Gasteiger partial charge on any atom is -0.492 e. The number of hydrogen-bond donors (Lipinski definition) is 0. The Labute approximate surface area is 137 Å². The smallest absolute Gasteiger partial charge is 0.416 e. The SMILES string of the molecule is FC(F)(F)c1ccc(OCCn2nc(C3CC3)nc2C2CC2)cc1. The highest BCUT2D eigenvalue weighted by Crippen LogP contribution is 2.42. The Kier molecular flexibility index (Phi) is 3.73. The van der Waals surface area contributed by atoms with Crippen LogP contribution >= 0.6 is 0 Å². The summed E-state index contributed by atoms with van der Waals surface area (Å²) in [7, 11) is 0. The average Bonchev–Trinajstić information content (AvgIpc) is 3.46. The molecule has 0 N–H and O–H groups in total. The van der Waals surface area contributed by atoms with E-state index in [0.717, 1.165) is 49.5 Å². The van der Waals surface area contributed by atoms with Crippen LogP contribution in [0.5, 0.6) is 5.75 Å². The number of rotatable bonds is 6. The third-order valence-corrected chi connectivity index (χ3v) is 4.36. The molecule has 128 valence electrons. The second kappa shape index (κ2) is 5.79. The first-order valence-electron chi connectivity index (χ1n) is 8.25. The summed E-state index contributed by atoms with van der Waals surface area (Å²) in [6.45, 7) is 0.922. The monoisotopic (exact) mass is 337 g/mol. The zero-order valence-corrected chi connectivity index (χ0v) is 13.1. The molecule has 0 bridgehead atoms. The molecule has 2 aliphatic carbocycles. The Balaban J connectivity index is 1.37. The molecule has 0 saturated heterocycles. The van der Waals surface area contributed by atoms with Gasteiger partial charge in [-0.05, 0) is 49.9 Å². The maximum atomic E-state index is 12.5. The fourth-order valence-electron chi connectivity index (χ4n) is 2.69. The van der Waals surface area contributed by atoms with Crippen molar-refractivity contribution >= 4 is 0 Å². The van der Waals surface area contributed by atoms with Crippen molar-refractivity contribution in [1.29, 1.82) is 0 Å². The minimum absolute atomic E-state index is 0.360. The van der Waals surface area contributed by atoms with Gasteiger partial charge in [0.15, 0.2) is 5.82 Å². The third kappa shape index (κ3) is 3.39. The Morgan fingerprint density at radius 1 is 1.04 bits per heavy atom. The summed E-state index contributed by atoms with van der Waals surface area (Å²) in [6.07, 6.45) is 0.315. The highest BCUT2D eigenvalue weighted by atomic mass is 19.4. The number of nitrogens with zero attached hydrogens (tertiary/aromatic N) is 3. The summed E-state index contributed by atoms with van der Waals surface area (Å²) in [5.74, 6) is 3.42. The molecule has 24 heavy (non-hydrogen) atoms. The van der Waals surface area contributed by atoms with Gasteiger partial charge in [-0.25, -0.2) is 9.67 Å². The topological polar surface area (TPSA) is 39.9 Å². The number of benzene rings is 1. The summed E-state index contributed by atoms with van der Waals surface area (Å²) >= 11 is 0. The molecular formula is C17H18F3N3O. The van der Waals surface area contributed by atoms with Crippen LogP contribution in [0.3, 0.4) is 0 Å². The van der Waals surface area contributed by atoms with Crippen LogP contribution in [0, 0.1) is 0 Å². The molecule has 2 aliphatic rings. The van der Waals surface area contributed by atoms with Gasteiger partial charge in [0, 0.05) is 11.8 Å². The Hall–Kier alpha value is -2.05.